The van der Waals surface area contributed by atoms with Crippen molar-refractivity contribution in [1.29, 1.82) is 0 Å². The summed E-state index contributed by atoms with van der Waals surface area (Å²) in [4.78, 5) is 0. The van der Waals surface area contributed by atoms with E-state index in [-0.39, 0.29) is 18.2 Å². The van der Waals surface area contributed by atoms with Gasteiger partial charge < -0.3 is 10.1 Å². The number of rotatable bonds is 1. The lowest BCUT2D eigenvalue weighted by Gasteiger charge is -2.32. The number of benzene rings is 1. The minimum atomic E-state index is -2.77. The average Bonchev–Trinajstić information content (AvgIpc) is 2.67. The molecular weight excluding hydrogens is 243 g/mol. The van der Waals surface area contributed by atoms with Crippen LogP contribution in [0.25, 0.3) is 0 Å². The van der Waals surface area contributed by atoms with Crippen molar-refractivity contribution in [2.45, 2.75) is 38.0 Å². The highest BCUT2D eigenvalue weighted by molar-refractivity contribution is 5.42. The minimum Gasteiger partial charge on any atom is -0.372 e. The monoisotopic (exact) mass is 257 g/mol. The van der Waals surface area contributed by atoms with E-state index in [0.717, 1.165) is 5.56 Å². The highest BCUT2D eigenvalue weighted by Crippen LogP contribution is 2.39. The predicted molar refractivity (Wildman–Crippen MR) is 60.1 cm³/mol. The molecule has 0 bridgehead atoms. The minimum absolute atomic E-state index is 0.0678. The van der Waals surface area contributed by atoms with Crippen LogP contribution in [-0.2, 0) is 11.2 Å². The van der Waals surface area contributed by atoms with Crippen LogP contribution in [0.3, 0.4) is 0 Å². The number of morpholine rings is 1. The van der Waals surface area contributed by atoms with Gasteiger partial charge in [-0.1, -0.05) is 12.1 Å². The van der Waals surface area contributed by atoms with Gasteiger partial charge in [-0.25, -0.2) is 13.2 Å². The average molecular weight is 257 g/mol. The summed E-state index contributed by atoms with van der Waals surface area (Å²) in [7, 11) is 0. The molecule has 0 saturated carbocycles. The van der Waals surface area contributed by atoms with E-state index in [1.165, 1.54) is 6.07 Å². The van der Waals surface area contributed by atoms with E-state index >= 15 is 0 Å². The Bertz CT molecular complexity index is 478. The zero-order chi connectivity index (χ0) is 12.9. The van der Waals surface area contributed by atoms with Gasteiger partial charge in [-0.2, -0.15) is 0 Å². The molecule has 0 aromatic heterocycles. The summed E-state index contributed by atoms with van der Waals surface area (Å²) in [5.41, 5.74) is 0.624. The van der Waals surface area contributed by atoms with E-state index in [9.17, 15) is 13.2 Å². The number of hydrogen-bond donors (Lipinski definition) is 1. The molecule has 1 N–H and O–H groups in total. The Morgan fingerprint density at radius 2 is 2.17 bits per heavy atom. The molecule has 2 aliphatic rings. The first-order chi connectivity index (χ1) is 8.58. The molecule has 1 aromatic carbocycles. The number of halogens is 3. The van der Waals surface area contributed by atoms with Gasteiger partial charge in [0, 0.05) is 13.0 Å². The summed E-state index contributed by atoms with van der Waals surface area (Å²) in [6.07, 6.45) is -2.49. The number of ether oxygens (including phenoxy) is 1. The second-order valence-electron chi connectivity index (χ2n) is 4.91. The zero-order valence-electron chi connectivity index (χ0n) is 9.92. The summed E-state index contributed by atoms with van der Waals surface area (Å²) in [5, 5.41) is 3.28. The van der Waals surface area contributed by atoms with Gasteiger partial charge in [0.15, 0.2) is 0 Å². The second kappa shape index (κ2) is 4.24. The summed E-state index contributed by atoms with van der Waals surface area (Å²) in [6, 6.07) is 2.70. The van der Waals surface area contributed by atoms with Crippen LogP contribution >= 0.6 is 0 Å². The van der Waals surface area contributed by atoms with E-state index in [4.69, 9.17) is 4.74 Å². The molecular formula is C13H14F3NO. The Labute approximate surface area is 103 Å². The van der Waals surface area contributed by atoms with Gasteiger partial charge in [0.2, 0.25) is 0 Å². The first kappa shape index (κ1) is 12.0. The summed E-state index contributed by atoms with van der Waals surface area (Å²) < 4.78 is 45.0. The van der Waals surface area contributed by atoms with Gasteiger partial charge in [-0.15, -0.1) is 0 Å². The quantitative estimate of drug-likeness (QED) is 0.835. The molecule has 5 heteroatoms. The van der Waals surface area contributed by atoms with Crippen molar-refractivity contribution in [3.8, 4) is 0 Å². The molecule has 3 atom stereocenters. The number of hydrogen-bond acceptors (Lipinski definition) is 2. The molecule has 1 saturated heterocycles. The Balaban J connectivity index is 1.99. The molecule has 18 heavy (non-hydrogen) atoms. The van der Waals surface area contributed by atoms with Crippen LogP contribution in [0.2, 0.25) is 0 Å². The van der Waals surface area contributed by atoms with Crippen LogP contribution in [0.5, 0.6) is 0 Å². The van der Waals surface area contributed by atoms with Gasteiger partial charge in [-0.3, -0.25) is 0 Å². The largest absolute Gasteiger partial charge is 0.372 e. The van der Waals surface area contributed by atoms with E-state index in [0.29, 0.717) is 18.5 Å². The standard InChI is InChI=1S/C13H14F3NO/c1-6-5-17-12-7-2-3-8(13(15)16)11(14)9(7)4-10(12)18-6/h2-3,6,10,12-13,17H,4-5H2,1H3/t6?,10-,12+/m1/s1. The third kappa shape index (κ3) is 1.73. The van der Waals surface area contributed by atoms with E-state index < -0.39 is 17.8 Å². The summed E-state index contributed by atoms with van der Waals surface area (Å²) in [5.74, 6) is -0.769. The molecule has 1 aliphatic carbocycles. The molecule has 98 valence electrons. The van der Waals surface area contributed by atoms with Gasteiger partial charge in [0.1, 0.15) is 5.82 Å². The van der Waals surface area contributed by atoms with Crippen LogP contribution < -0.4 is 5.32 Å². The third-order valence-electron chi connectivity index (χ3n) is 3.69. The van der Waals surface area contributed by atoms with Crippen LogP contribution in [0.4, 0.5) is 13.2 Å². The second-order valence-corrected chi connectivity index (χ2v) is 4.91. The fraction of sp³-hybridized carbons (Fsp3) is 0.538. The van der Waals surface area contributed by atoms with E-state index in [1.54, 1.807) is 6.07 Å². The Morgan fingerprint density at radius 1 is 1.39 bits per heavy atom. The number of nitrogens with one attached hydrogen (secondary N) is 1. The molecule has 1 fully saturated rings. The fourth-order valence-corrected chi connectivity index (χ4v) is 2.85. The summed E-state index contributed by atoms with van der Waals surface area (Å²) in [6.45, 7) is 2.63. The highest BCUT2D eigenvalue weighted by Gasteiger charge is 2.39. The lowest BCUT2D eigenvalue weighted by atomic mass is 10.0. The van der Waals surface area contributed by atoms with Crippen molar-refractivity contribution < 1.29 is 17.9 Å². The molecule has 0 amide bonds. The topological polar surface area (TPSA) is 21.3 Å². The molecule has 1 unspecified atom stereocenters. The Hall–Kier alpha value is -1.07. The molecule has 1 heterocycles. The molecule has 0 radical (unpaired) electrons. The smallest absolute Gasteiger partial charge is 0.266 e. The van der Waals surface area contributed by atoms with Crippen LogP contribution in [0.1, 0.15) is 36.1 Å². The number of alkyl halides is 2. The van der Waals surface area contributed by atoms with E-state index in [2.05, 4.69) is 5.32 Å². The van der Waals surface area contributed by atoms with Crippen molar-refractivity contribution in [2.24, 2.45) is 0 Å². The lowest BCUT2D eigenvalue weighted by molar-refractivity contribution is -0.0470. The van der Waals surface area contributed by atoms with Crippen molar-refractivity contribution in [3.63, 3.8) is 0 Å². The maximum Gasteiger partial charge on any atom is 0.266 e. The SMILES string of the molecule is CC1CN[C@H]2c3ccc(C(F)F)c(F)c3C[C@H]2O1. The van der Waals surface area contributed by atoms with Crippen LogP contribution in [0.15, 0.2) is 12.1 Å². The van der Waals surface area contributed by atoms with Gasteiger partial charge >= 0.3 is 0 Å². The first-order valence-electron chi connectivity index (χ1n) is 6.06. The van der Waals surface area contributed by atoms with Crippen molar-refractivity contribution in [3.05, 3.63) is 34.6 Å². The van der Waals surface area contributed by atoms with Crippen LogP contribution in [0, 0.1) is 5.82 Å². The fourth-order valence-electron chi connectivity index (χ4n) is 2.85. The molecule has 3 rings (SSSR count). The van der Waals surface area contributed by atoms with Crippen molar-refractivity contribution in [2.75, 3.05) is 6.54 Å². The lowest BCUT2D eigenvalue weighted by Crippen LogP contribution is -2.44. The van der Waals surface area contributed by atoms with Crippen LogP contribution in [-0.4, -0.2) is 18.8 Å². The van der Waals surface area contributed by atoms with Gasteiger partial charge in [0.05, 0.1) is 23.8 Å². The van der Waals surface area contributed by atoms with Crippen molar-refractivity contribution >= 4 is 0 Å². The molecule has 0 spiro atoms. The summed E-state index contributed by atoms with van der Waals surface area (Å²) >= 11 is 0. The predicted octanol–water partition coefficient (Wildman–Crippen LogP) is 2.74. The number of fused-ring (bicyclic) bond motifs is 3. The molecule has 2 nitrogen and oxygen atoms in total. The Morgan fingerprint density at radius 3 is 2.89 bits per heavy atom. The normalized spacial score (nSPS) is 30.4. The third-order valence-corrected chi connectivity index (χ3v) is 3.69. The molecule has 1 aromatic rings. The first-order valence-corrected chi connectivity index (χ1v) is 6.06. The van der Waals surface area contributed by atoms with E-state index in [1.807, 2.05) is 6.92 Å². The van der Waals surface area contributed by atoms with Crippen molar-refractivity contribution in [1.82, 2.24) is 5.32 Å². The highest BCUT2D eigenvalue weighted by atomic mass is 19.3. The van der Waals surface area contributed by atoms with Gasteiger partial charge in [0.25, 0.3) is 6.43 Å². The maximum absolute atomic E-state index is 14.0. The maximum atomic E-state index is 14.0. The van der Waals surface area contributed by atoms with Gasteiger partial charge in [-0.05, 0) is 18.1 Å². The molecule has 1 aliphatic heterocycles. The Kier molecular flexibility index (Phi) is 2.83. The zero-order valence-corrected chi connectivity index (χ0v) is 9.92.